The first-order valence-electron chi connectivity index (χ1n) is 4.84. The highest BCUT2D eigenvalue weighted by molar-refractivity contribution is 8.00. The lowest BCUT2D eigenvalue weighted by Gasteiger charge is -2.06. The van der Waals surface area contributed by atoms with Gasteiger partial charge in [-0.2, -0.15) is 0 Å². The molecule has 0 atom stereocenters. The average Bonchev–Trinajstić information content (AvgIpc) is 2.42. The highest BCUT2D eigenvalue weighted by Crippen LogP contribution is 2.19. The molecule has 1 aliphatic heterocycles. The van der Waals surface area contributed by atoms with Crippen LogP contribution in [0.1, 0.15) is 0 Å². The third-order valence-electron chi connectivity index (χ3n) is 2.02. The minimum absolute atomic E-state index is 0.164. The second-order valence-corrected chi connectivity index (χ2v) is 5.36. The lowest BCUT2D eigenvalue weighted by atomic mass is 10.5. The molecule has 0 aliphatic carbocycles. The molecular weight excluding hydrogens is 228 g/mol. The Kier molecular flexibility index (Phi) is 4.11. The van der Waals surface area contributed by atoms with Gasteiger partial charge in [0.05, 0.1) is 23.0 Å². The molecule has 0 spiro atoms. The van der Waals surface area contributed by atoms with Crippen molar-refractivity contribution in [3.8, 4) is 0 Å². The molecule has 0 fully saturated rings. The first-order chi connectivity index (χ1) is 7.38. The van der Waals surface area contributed by atoms with Crippen molar-refractivity contribution in [2.24, 2.45) is 0 Å². The number of hydrogen-bond donors (Lipinski definition) is 0. The molecule has 0 saturated heterocycles. The zero-order valence-corrected chi connectivity index (χ0v) is 9.90. The molecule has 1 heterocycles. The number of hydrogen-bond acceptors (Lipinski definition) is 4. The second kappa shape index (κ2) is 5.58. The maximum absolute atomic E-state index is 12.0. The van der Waals surface area contributed by atoms with Gasteiger partial charge < -0.3 is 4.74 Å². The summed E-state index contributed by atoms with van der Waals surface area (Å²) in [5.74, 6) is 1.70. The summed E-state index contributed by atoms with van der Waals surface area (Å²) in [5.41, 5.74) is 0.164. The highest BCUT2D eigenvalue weighted by atomic mass is 32.2. The summed E-state index contributed by atoms with van der Waals surface area (Å²) in [5, 5.41) is 0. The van der Waals surface area contributed by atoms with Gasteiger partial charge in [-0.1, -0.05) is 12.1 Å². The SMILES string of the molecule is O=c1c2ccccc1SCCOCCS2. The predicted octanol–water partition coefficient (Wildman–Crippen LogP) is 2.26. The summed E-state index contributed by atoms with van der Waals surface area (Å²) in [4.78, 5) is 13.7. The van der Waals surface area contributed by atoms with Gasteiger partial charge in [0, 0.05) is 11.5 Å². The van der Waals surface area contributed by atoms with E-state index in [0.717, 1.165) is 34.5 Å². The van der Waals surface area contributed by atoms with Crippen LogP contribution in [-0.4, -0.2) is 24.7 Å². The van der Waals surface area contributed by atoms with Crippen LogP contribution in [-0.2, 0) is 4.74 Å². The molecule has 0 saturated carbocycles. The van der Waals surface area contributed by atoms with E-state index in [1.807, 2.05) is 24.3 Å². The van der Waals surface area contributed by atoms with E-state index in [-0.39, 0.29) is 5.43 Å². The molecule has 1 aliphatic rings. The maximum atomic E-state index is 12.0. The largest absolute Gasteiger partial charge is 0.380 e. The Morgan fingerprint density at radius 2 is 1.53 bits per heavy atom. The Labute approximate surface area is 97.4 Å². The van der Waals surface area contributed by atoms with Crippen LogP contribution in [0.25, 0.3) is 0 Å². The van der Waals surface area contributed by atoms with E-state index in [1.165, 1.54) is 0 Å². The van der Waals surface area contributed by atoms with Crippen LogP contribution in [0.2, 0.25) is 0 Å². The summed E-state index contributed by atoms with van der Waals surface area (Å²) in [6.07, 6.45) is 0. The molecule has 2 bridgehead atoms. The first-order valence-corrected chi connectivity index (χ1v) is 6.82. The lowest BCUT2D eigenvalue weighted by molar-refractivity contribution is 0.167. The summed E-state index contributed by atoms with van der Waals surface area (Å²) < 4.78 is 5.42. The van der Waals surface area contributed by atoms with Crippen LogP contribution in [0, 0.1) is 0 Å². The summed E-state index contributed by atoms with van der Waals surface area (Å²) in [7, 11) is 0. The Bertz CT molecular complexity index is 359. The smallest absolute Gasteiger partial charge is 0.205 e. The van der Waals surface area contributed by atoms with E-state index in [9.17, 15) is 4.79 Å². The fourth-order valence-corrected chi connectivity index (χ4v) is 3.05. The van der Waals surface area contributed by atoms with E-state index in [2.05, 4.69) is 0 Å². The predicted molar refractivity (Wildman–Crippen MR) is 65.0 cm³/mol. The second-order valence-electron chi connectivity index (χ2n) is 3.09. The molecule has 1 aromatic rings. The molecule has 0 N–H and O–H groups in total. The zero-order valence-electron chi connectivity index (χ0n) is 8.27. The van der Waals surface area contributed by atoms with Gasteiger partial charge in [-0.05, 0) is 12.1 Å². The Balaban J connectivity index is 2.39. The molecule has 15 heavy (non-hydrogen) atoms. The van der Waals surface area contributed by atoms with E-state index in [0.29, 0.717) is 0 Å². The molecule has 2 rings (SSSR count). The van der Waals surface area contributed by atoms with Crippen molar-refractivity contribution >= 4 is 23.5 Å². The molecule has 2 nitrogen and oxygen atoms in total. The van der Waals surface area contributed by atoms with Gasteiger partial charge in [0.1, 0.15) is 0 Å². The first kappa shape index (κ1) is 11.0. The van der Waals surface area contributed by atoms with Gasteiger partial charge in [-0.25, -0.2) is 0 Å². The van der Waals surface area contributed by atoms with E-state index < -0.39 is 0 Å². The minimum atomic E-state index is 0.164. The van der Waals surface area contributed by atoms with Crippen LogP contribution in [0.5, 0.6) is 0 Å². The molecule has 0 amide bonds. The number of thioether (sulfide) groups is 2. The van der Waals surface area contributed by atoms with Gasteiger partial charge in [0.15, 0.2) is 0 Å². The van der Waals surface area contributed by atoms with Crippen molar-refractivity contribution in [1.82, 2.24) is 0 Å². The molecule has 80 valence electrons. The lowest BCUT2D eigenvalue weighted by Crippen LogP contribution is -2.09. The molecule has 0 radical (unpaired) electrons. The van der Waals surface area contributed by atoms with Crippen LogP contribution < -0.4 is 5.43 Å². The van der Waals surface area contributed by atoms with Gasteiger partial charge in [0.2, 0.25) is 5.43 Å². The van der Waals surface area contributed by atoms with Crippen molar-refractivity contribution in [2.45, 2.75) is 9.79 Å². The maximum Gasteiger partial charge on any atom is 0.205 e. The molecule has 0 unspecified atom stereocenters. The van der Waals surface area contributed by atoms with E-state index >= 15 is 0 Å². The standard InChI is InChI=1S/C11H12O2S2/c12-11-9-3-1-2-4-10(11)15-8-6-13-5-7-14-9/h1-4H,5-8H2. The van der Waals surface area contributed by atoms with Crippen molar-refractivity contribution in [2.75, 3.05) is 24.7 Å². The number of rotatable bonds is 0. The van der Waals surface area contributed by atoms with E-state index in [1.54, 1.807) is 23.5 Å². The molecular formula is C11H12O2S2. The molecule has 0 aromatic heterocycles. The fraction of sp³-hybridized carbons (Fsp3) is 0.364. The summed E-state index contributed by atoms with van der Waals surface area (Å²) in [6.45, 7) is 1.44. The number of fused-ring (bicyclic) bond motifs is 2. The number of ether oxygens (including phenoxy) is 1. The highest BCUT2D eigenvalue weighted by Gasteiger charge is 2.06. The van der Waals surface area contributed by atoms with E-state index in [4.69, 9.17) is 4.74 Å². The molecule has 1 aromatic carbocycles. The third kappa shape index (κ3) is 3.00. The van der Waals surface area contributed by atoms with Crippen LogP contribution in [0.15, 0.2) is 38.9 Å². The van der Waals surface area contributed by atoms with Crippen molar-refractivity contribution < 1.29 is 4.74 Å². The van der Waals surface area contributed by atoms with Crippen molar-refractivity contribution in [3.63, 3.8) is 0 Å². The van der Waals surface area contributed by atoms with Gasteiger partial charge >= 0.3 is 0 Å². The molecule has 4 heteroatoms. The Morgan fingerprint density at radius 3 is 2.07 bits per heavy atom. The minimum Gasteiger partial charge on any atom is -0.380 e. The third-order valence-corrected chi connectivity index (χ3v) is 4.03. The van der Waals surface area contributed by atoms with Crippen molar-refractivity contribution in [1.29, 1.82) is 0 Å². The van der Waals surface area contributed by atoms with Crippen LogP contribution >= 0.6 is 23.5 Å². The average molecular weight is 240 g/mol. The Morgan fingerprint density at radius 1 is 1.00 bits per heavy atom. The quantitative estimate of drug-likeness (QED) is 0.695. The fourth-order valence-electron chi connectivity index (χ4n) is 1.31. The van der Waals surface area contributed by atoms with Crippen LogP contribution in [0.4, 0.5) is 0 Å². The monoisotopic (exact) mass is 240 g/mol. The Hall–Kier alpha value is -0.450. The van der Waals surface area contributed by atoms with Crippen molar-refractivity contribution in [3.05, 3.63) is 34.5 Å². The summed E-state index contributed by atoms with van der Waals surface area (Å²) in [6, 6.07) is 7.62. The van der Waals surface area contributed by atoms with Gasteiger partial charge in [-0.15, -0.1) is 23.5 Å². The summed E-state index contributed by atoms with van der Waals surface area (Å²) >= 11 is 3.16. The topological polar surface area (TPSA) is 26.3 Å². The van der Waals surface area contributed by atoms with Gasteiger partial charge in [0.25, 0.3) is 0 Å². The van der Waals surface area contributed by atoms with Gasteiger partial charge in [-0.3, -0.25) is 4.79 Å². The zero-order chi connectivity index (χ0) is 10.5. The van der Waals surface area contributed by atoms with Crippen LogP contribution in [0.3, 0.4) is 0 Å². The normalized spacial score (nSPS) is 17.1.